The molecule has 6 nitrogen and oxygen atoms in total. The molecule has 0 aliphatic carbocycles. The fourth-order valence-corrected chi connectivity index (χ4v) is 2.57. The summed E-state index contributed by atoms with van der Waals surface area (Å²) < 4.78 is 17.3. The molecule has 0 amide bonds. The van der Waals surface area contributed by atoms with Gasteiger partial charge in [0.2, 0.25) is 0 Å². The van der Waals surface area contributed by atoms with Crippen LogP contribution in [0.25, 0.3) is 10.9 Å². The molecule has 3 aromatic rings. The third-order valence-corrected chi connectivity index (χ3v) is 3.85. The molecule has 0 bridgehead atoms. The lowest BCUT2D eigenvalue weighted by molar-refractivity contribution is 0.0600. The molecule has 0 N–H and O–H groups in total. The Kier molecular flexibility index (Phi) is 4.37. The summed E-state index contributed by atoms with van der Waals surface area (Å²) in [5, 5.41) is 5.40. The summed E-state index contributed by atoms with van der Waals surface area (Å²) in [5.74, 6) is 0.989. The highest BCUT2D eigenvalue weighted by Crippen LogP contribution is 2.32. The Balaban J connectivity index is 1.91. The van der Waals surface area contributed by atoms with Crippen LogP contribution in [0.3, 0.4) is 0 Å². The third kappa shape index (κ3) is 2.90. The first-order chi connectivity index (χ1) is 11.7. The number of methoxy groups -OCH3 is 3. The zero-order chi connectivity index (χ0) is 17.1. The van der Waals surface area contributed by atoms with Crippen LogP contribution in [-0.2, 0) is 11.3 Å². The molecule has 0 atom stereocenters. The minimum atomic E-state index is -0.345. The minimum Gasteiger partial charge on any atom is -0.493 e. The number of hydrogen-bond donors (Lipinski definition) is 0. The quantitative estimate of drug-likeness (QED) is 0.675. The van der Waals surface area contributed by atoms with Crippen LogP contribution < -0.4 is 9.47 Å². The second kappa shape index (κ2) is 6.62. The summed E-state index contributed by atoms with van der Waals surface area (Å²) in [7, 11) is 4.58. The van der Waals surface area contributed by atoms with Crippen molar-refractivity contribution in [3.63, 3.8) is 0 Å². The number of aromatic nitrogens is 2. The van der Waals surface area contributed by atoms with Crippen LogP contribution in [0.4, 0.5) is 0 Å². The van der Waals surface area contributed by atoms with Crippen LogP contribution in [0.5, 0.6) is 11.5 Å². The molecule has 3 rings (SSSR count). The molecule has 0 radical (unpaired) electrons. The molecule has 0 aliphatic heterocycles. The molecular weight excluding hydrogens is 308 g/mol. The van der Waals surface area contributed by atoms with E-state index >= 15 is 0 Å². The van der Waals surface area contributed by atoms with Crippen LogP contribution in [0.1, 0.15) is 15.9 Å². The number of nitrogens with zero attached hydrogens (tertiary/aromatic N) is 2. The predicted octanol–water partition coefficient (Wildman–Crippen LogP) is 2.89. The molecule has 0 fully saturated rings. The van der Waals surface area contributed by atoms with Gasteiger partial charge in [0, 0.05) is 11.5 Å². The molecule has 2 aromatic carbocycles. The Labute approximate surface area is 139 Å². The lowest BCUT2D eigenvalue weighted by Crippen LogP contribution is -2.04. The summed E-state index contributed by atoms with van der Waals surface area (Å²) in [5.41, 5.74) is 2.50. The molecule has 124 valence electrons. The van der Waals surface area contributed by atoms with Crippen molar-refractivity contribution in [1.29, 1.82) is 0 Å². The van der Waals surface area contributed by atoms with E-state index in [9.17, 15) is 4.79 Å². The second-order valence-electron chi connectivity index (χ2n) is 5.26. The number of carbonyl (C=O) groups excluding carboxylic acids is 1. The van der Waals surface area contributed by atoms with E-state index in [1.165, 1.54) is 7.11 Å². The number of rotatable bonds is 5. The van der Waals surface area contributed by atoms with Crippen molar-refractivity contribution in [1.82, 2.24) is 9.78 Å². The number of esters is 1. The Hall–Kier alpha value is -3.02. The van der Waals surface area contributed by atoms with Gasteiger partial charge in [0.15, 0.2) is 11.5 Å². The van der Waals surface area contributed by atoms with Crippen LogP contribution in [0, 0.1) is 0 Å². The Bertz CT molecular complexity index is 869. The Morgan fingerprint density at radius 1 is 1.04 bits per heavy atom. The summed E-state index contributed by atoms with van der Waals surface area (Å²) in [6.45, 7) is 0.584. The van der Waals surface area contributed by atoms with Gasteiger partial charge in [0.05, 0.1) is 45.2 Å². The molecule has 1 aromatic heterocycles. The van der Waals surface area contributed by atoms with E-state index in [2.05, 4.69) is 5.10 Å². The zero-order valence-corrected chi connectivity index (χ0v) is 13.8. The van der Waals surface area contributed by atoms with Gasteiger partial charge in [-0.05, 0) is 23.8 Å². The summed E-state index contributed by atoms with van der Waals surface area (Å²) >= 11 is 0. The molecule has 0 saturated heterocycles. The topological polar surface area (TPSA) is 62.6 Å². The maximum atomic E-state index is 11.5. The van der Waals surface area contributed by atoms with Crippen LogP contribution >= 0.6 is 0 Å². The molecule has 0 aliphatic rings. The molecule has 6 heteroatoms. The van der Waals surface area contributed by atoms with E-state index in [0.717, 1.165) is 16.5 Å². The first kappa shape index (κ1) is 15.9. The van der Waals surface area contributed by atoms with E-state index in [1.807, 2.05) is 28.9 Å². The van der Waals surface area contributed by atoms with Crippen molar-refractivity contribution in [2.24, 2.45) is 0 Å². The minimum absolute atomic E-state index is 0.345. The van der Waals surface area contributed by atoms with E-state index < -0.39 is 0 Å². The largest absolute Gasteiger partial charge is 0.493 e. The maximum Gasteiger partial charge on any atom is 0.337 e. The lowest BCUT2D eigenvalue weighted by Gasteiger charge is -2.09. The van der Waals surface area contributed by atoms with Crippen molar-refractivity contribution >= 4 is 16.9 Å². The molecular formula is C18H18N2O4. The van der Waals surface area contributed by atoms with Gasteiger partial charge in [0.25, 0.3) is 0 Å². The molecule has 1 heterocycles. The van der Waals surface area contributed by atoms with Gasteiger partial charge in [-0.2, -0.15) is 5.10 Å². The first-order valence-electron chi connectivity index (χ1n) is 7.41. The number of fused-ring (bicyclic) bond motifs is 1. The number of benzene rings is 2. The van der Waals surface area contributed by atoms with Gasteiger partial charge in [0.1, 0.15) is 0 Å². The normalized spacial score (nSPS) is 10.6. The SMILES string of the molecule is COC(=O)c1ccc(Cn2ncc3cc(OC)c(OC)cc32)cc1. The molecule has 0 spiro atoms. The summed E-state index contributed by atoms with van der Waals surface area (Å²) in [4.78, 5) is 11.5. The molecule has 0 unspecified atom stereocenters. The summed E-state index contributed by atoms with van der Waals surface area (Å²) in [6.07, 6.45) is 1.79. The van der Waals surface area contributed by atoms with Crippen molar-refractivity contribution in [2.75, 3.05) is 21.3 Å². The van der Waals surface area contributed by atoms with Crippen molar-refractivity contribution in [3.05, 3.63) is 53.7 Å². The van der Waals surface area contributed by atoms with Crippen molar-refractivity contribution in [2.45, 2.75) is 6.54 Å². The van der Waals surface area contributed by atoms with Crippen LogP contribution in [-0.4, -0.2) is 37.1 Å². The third-order valence-electron chi connectivity index (χ3n) is 3.85. The van der Waals surface area contributed by atoms with Crippen LogP contribution in [0.2, 0.25) is 0 Å². The van der Waals surface area contributed by atoms with Crippen molar-refractivity contribution < 1.29 is 19.0 Å². The maximum absolute atomic E-state index is 11.5. The number of hydrogen-bond acceptors (Lipinski definition) is 5. The first-order valence-corrected chi connectivity index (χ1v) is 7.41. The molecule has 0 saturated carbocycles. The monoisotopic (exact) mass is 326 g/mol. The molecule has 24 heavy (non-hydrogen) atoms. The van der Waals surface area contributed by atoms with E-state index in [-0.39, 0.29) is 5.97 Å². The van der Waals surface area contributed by atoms with Crippen molar-refractivity contribution in [3.8, 4) is 11.5 Å². The number of ether oxygens (including phenoxy) is 3. The second-order valence-corrected chi connectivity index (χ2v) is 5.26. The van der Waals surface area contributed by atoms with E-state index in [1.54, 1.807) is 32.5 Å². The summed E-state index contributed by atoms with van der Waals surface area (Å²) in [6, 6.07) is 11.1. The van der Waals surface area contributed by atoms with Gasteiger partial charge < -0.3 is 14.2 Å². The van der Waals surface area contributed by atoms with E-state index in [0.29, 0.717) is 23.6 Å². The van der Waals surface area contributed by atoms with E-state index in [4.69, 9.17) is 14.2 Å². The standard InChI is InChI=1S/C18H18N2O4/c1-22-16-8-14-10-19-20(15(14)9-17(16)23-2)11-12-4-6-13(7-5-12)18(21)24-3/h4-10H,11H2,1-3H3. The highest BCUT2D eigenvalue weighted by molar-refractivity contribution is 5.89. The zero-order valence-electron chi connectivity index (χ0n) is 13.8. The van der Waals surface area contributed by atoms with Gasteiger partial charge in [-0.1, -0.05) is 12.1 Å². The fourth-order valence-electron chi connectivity index (χ4n) is 2.57. The Morgan fingerprint density at radius 3 is 2.33 bits per heavy atom. The highest BCUT2D eigenvalue weighted by Gasteiger charge is 2.11. The predicted molar refractivity (Wildman–Crippen MR) is 89.7 cm³/mol. The highest BCUT2D eigenvalue weighted by atomic mass is 16.5. The van der Waals surface area contributed by atoms with Gasteiger partial charge in [-0.25, -0.2) is 4.79 Å². The van der Waals surface area contributed by atoms with Gasteiger partial charge in [-0.3, -0.25) is 4.68 Å². The average Bonchev–Trinajstić information content (AvgIpc) is 3.02. The smallest absolute Gasteiger partial charge is 0.337 e. The Morgan fingerprint density at radius 2 is 1.71 bits per heavy atom. The van der Waals surface area contributed by atoms with Crippen LogP contribution in [0.15, 0.2) is 42.6 Å². The number of carbonyl (C=O) groups is 1. The van der Waals surface area contributed by atoms with Gasteiger partial charge in [-0.15, -0.1) is 0 Å². The lowest BCUT2D eigenvalue weighted by atomic mass is 10.1. The fraction of sp³-hybridized carbons (Fsp3) is 0.222. The average molecular weight is 326 g/mol. The van der Waals surface area contributed by atoms with Gasteiger partial charge >= 0.3 is 5.97 Å².